The Labute approximate surface area is 670 Å². The predicted molar refractivity (Wildman–Crippen MR) is 479 cm³/mol. The van der Waals surface area contributed by atoms with E-state index >= 15 is 0 Å². The number of benzene rings is 9. The van der Waals surface area contributed by atoms with Crippen LogP contribution >= 0.6 is 0 Å². The number of aliphatic imine (C=N–C) groups is 5. The molecule has 0 spiro atoms. The number of pyridine rings is 5. The molecule has 0 N–H and O–H groups in total. The molecule has 0 amide bonds. The Balaban J connectivity index is 0.000000155. The van der Waals surface area contributed by atoms with Gasteiger partial charge in [0, 0.05) is 85.4 Å². The SMILES string of the molecule is C(=NC(Cc1ccccc1)(Cc1ccccc1)Cc1ccccc1)c1ccccn1.C(=Nc1c(-c2ccccc2)cccc1-c1ccccc1)c1ccccn1.CC(=NC(C)(C)C)c1ccccn1.CCC(CC)(CC)N=Cc1ccccn1.CN(C)c1cc(-c2ccccc2)c(N=Cc2ccccn2)c(-c2ccccc2)c1. The molecule has 5 heterocycles. The minimum atomic E-state index is -0.304. The maximum absolute atomic E-state index is 5.22. The number of anilines is 1. The summed E-state index contributed by atoms with van der Waals surface area (Å²) in [4.78, 5) is 48.0. The lowest BCUT2D eigenvalue weighted by Crippen LogP contribution is -2.35. The lowest BCUT2D eigenvalue weighted by molar-refractivity contribution is 0.388. The highest BCUT2D eigenvalue weighted by Crippen LogP contribution is 2.43. The van der Waals surface area contributed by atoms with E-state index in [2.05, 4.69) is 309 Å². The molecule has 14 aromatic rings. The van der Waals surface area contributed by atoms with E-state index in [4.69, 9.17) is 20.0 Å². The molecule has 0 aliphatic rings. The van der Waals surface area contributed by atoms with E-state index in [1.54, 1.807) is 24.8 Å². The van der Waals surface area contributed by atoms with E-state index < -0.39 is 0 Å². The summed E-state index contributed by atoms with van der Waals surface area (Å²) >= 11 is 0. The number of hydrogen-bond acceptors (Lipinski definition) is 11. The van der Waals surface area contributed by atoms with E-state index in [0.717, 1.165) is 134 Å². The average molecular weight is 1480 g/mol. The van der Waals surface area contributed by atoms with Crippen molar-refractivity contribution >= 4 is 47.6 Å². The molecule has 9 aromatic carbocycles. The van der Waals surface area contributed by atoms with Crippen molar-refractivity contribution in [2.45, 2.75) is 104 Å². The summed E-state index contributed by atoms with van der Waals surface area (Å²) in [6.45, 7) is 14.8. The van der Waals surface area contributed by atoms with Crippen LogP contribution in [0.4, 0.5) is 17.1 Å². The highest BCUT2D eigenvalue weighted by molar-refractivity contribution is 5.98. The molecule has 11 nitrogen and oxygen atoms in total. The predicted octanol–water partition coefficient (Wildman–Crippen LogP) is 24.5. The highest BCUT2D eigenvalue weighted by Gasteiger charge is 2.31. The van der Waals surface area contributed by atoms with Crippen LogP contribution in [-0.2, 0) is 19.3 Å². The largest absolute Gasteiger partial charge is 0.378 e. The fourth-order valence-corrected chi connectivity index (χ4v) is 13.0. The van der Waals surface area contributed by atoms with Crippen molar-refractivity contribution in [3.05, 3.63) is 410 Å². The van der Waals surface area contributed by atoms with Crippen molar-refractivity contribution in [1.82, 2.24) is 24.9 Å². The topological polar surface area (TPSA) is 129 Å². The summed E-state index contributed by atoms with van der Waals surface area (Å²) in [6, 6.07) is 114. The van der Waals surface area contributed by atoms with Crippen molar-refractivity contribution in [2.75, 3.05) is 19.0 Å². The number of hydrogen-bond donors (Lipinski definition) is 0. The Morgan fingerprint density at radius 3 is 0.912 bits per heavy atom. The van der Waals surface area contributed by atoms with Crippen LogP contribution in [0, 0.1) is 0 Å². The zero-order chi connectivity index (χ0) is 79.2. The Kier molecular flexibility index (Phi) is 31.6. The highest BCUT2D eigenvalue weighted by atomic mass is 15.1. The first kappa shape index (κ1) is 82.4. The second-order valence-electron chi connectivity index (χ2n) is 28.6. The third-order valence-corrected chi connectivity index (χ3v) is 19.0. The second-order valence-corrected chi connectivity index (χ2v) is 28.6. The molecule has 0 saturated heterocycles. The van der Waals surface area contributed by atoms with Gasteiger partial charge < -0.3 is 4.90 Å². The summed E-state index contributed by atoms with van der Waals surface area (Å²) in [5.41, 5.74) is 21.2. The van der Waals surface area contributed by atoms with Crippen LogP contribution in [0.25, 0.3) is 44.5 Å². The van der Waals surface area contributed by atoms with Gasteiger partial charge >= 0.3 is 0 Å². The van der Waals surface area contributed by atoms with Crippen molar-refractivity contribution in [1.29, 1.82) is 0 Å². The molecule has 14 rings (SSSR count). The van der Waals surface area contributed by atoms with Crippen molar-refractivity contribution in [3.8, 4) is 44.5 Å². The smallest absolute Gasteiger partial charge is 0.0837 e. The first-order valence-electron chi connectivity index (χ1n) is 38.8. The molecular formula is C102H103N11. The van der Waals surface area contributed by atoms with Gasteiger partial charge in [0.25, 0.3) is 0 Å². The number of aromatic nitrogens is 5. The second kappa shape index (κ2) is 43.3. The van der Waals surface area contributed by atoms with E-state index in [-0.39, 0.29) is 16.6 Å². The van der Waals surface area contributed by atoms with Crippen LogP contribution in [0.2, 0.25) is 0 Å². The first-order chi connectivity index (χ1) is 55.2. The maximum Gasteiger partial charge on any atom is 0.0837 e. The zero-order valence-electron chi connectivity index (χ0n) is 66.6. The zero-order valence-corrected chi connectivity index (χ0v) is 66.6. The molecule has 0 bridgehead atoms. The summed E-state index contributed by atoms with van der Waals surface area (Å²) in [6.07, 6.45) is 22.3. The quantitative estimate of drug-likeness (QED) is 0.0587. The molecule has 0 saturated carbocycles. The molecule has 11 heteroatoms. The summed E-state index contributed by atoms with van der Waals surface area (Å²) in [5, 5.41) is 0. The van der Waals surface area contributed by atoms with Gasteiger partial charge in [-0.05, 0) is 178 Å². The van der Waals surface area contributed by atoms with Crippen molar-refractivity contribution in [2.24, 2.45) is 25.0 Å². The van der Waals surface area contributed by atoms with Gasteiger partial charge in [0.2, 0.25) is 0 Å². The first-order valence-corrected chi connectivity index (χ1v) is 38.8. The number of nitrogens with zero attached hydrogens (tertiary/aromatic N) is 11. The molecule has 0 unspecified atom stereocenters. The van der Waals surface area contributed by atoms with Crippen LogP contribution < -0.4 is 4.90 Å². The Hall–Kier alpha value is -13.1. The van der Waals surface area contributed by atoms with Crippen molar-refractivity contribution in [3.63, 3.8) is 0 Å². The Bertz CT molecular complexity index is 4970. The molecule has 0 radical (unpaired) electrons. The molecule has 0 atom stereocenters. The molecule has 0 fully saturated rings. The van der Waals surface area contributed by atoms with Gasteiger partial charge in [0.1, 0.15) is 0 Å². The fourth-order valence-electron chi connectivity index (χ4n) is 13.0. The van der Waals surface area contributed by atoms with Crippen LogP contribution in [0.15, 0.2) is 390 Å². The molecule has 5 aromatic heterocycles. The van der Waals surface area contributed by atoms with Gasteiger partial charge in [-0.2, -0.15) is 0 Å². The Morgan fingerprint density at radius 2 is 0.611 bits per heavy atom. The third-order valence-electron chi connectivity index (χ3n) is 19.0. The van der Waals surface area contributed by atoms with Crippen molar-refractivity contribution < 1.29 is 0 Å². The van der Waals surface area contributed by atoms with E-state index in [0.29, 0.717) is 0 Å². The number of rotatable bonds is 23. The summed E-state index contributed by atoms with van der Waals surface area (Å²) in [7, 11) is 4.13. The molecule has 0 aliphatic heterocycles. The summed E-state index contributed by atoms with van der Waals surface area (Å²) in [5.74, 6) is 0. The lowest BCUT2D eigenvalue weighted by atomic mass is 9.80. The van der Waals surface area contributed by atoms with E-state index in [1.165, 1.54) is 16.7 Å². The number of para-hydroxylation sites is 1. The third kappa shape index (κ3) is 26.3. The Morgan fingerprint density at radius 1 is 0.319 bits per heavy atom. The standard InChI is InChI=1S/C28H26N2.C26H23N3.C24H18N2.C13H20N2.C11H16N2/c1-4-12-24(13-5-1)20-28(21-25-14-6-2-7-15-25,22-26-16-8-3-9-17-26)30-23-27-18-10-11-19-29-27;1-29(2)23-17-24(20-11-5-3-6-12-20)26(28-19-22-15-9-10-16-27-22)25(18-23)21-13-7-4-8-14-21;1-3-10-19(11-4-1)22-15-9-16-23(20-12-5-2-6-13-20)24(22)26-18-21-14-7-8-17-25-21;1-4-13(5-2,6-3)15-11-12-9-7-8-10-14-12;1-9(13-11(2,3)4)10-7-5-6-8-12-10/h1-19,23H,20-22H2;3-19H,1-2H3;1-18H;7-11H,4-6H2,1-3H3;5-8H,1-4H3. The van der Waals surface area contributed by atoms with Crippen LogP contribution in [0.5, 0.6) is 0 Å². The van der Waals surface area contributed by atoms with Gasteiger partial charge in [0.15, 0.2) is 0 Å². The minimum absolute atomic E-state index is 0.0262. The molecule has 566 valence electrons. The van der Waals surface area contributed by atoms with Crippen LogP contribution in [-0.4, -0.2) is 86.2 Å². The monoisotopic (exact) mass is 1480 g/mol. The van der Waals surface area contributed by atoms with Gasteiger partial charge in [0.05, 0.1) is 74.6 Å². The van der Waals surface area contributed by atoms with E-state index in [1.807, 2.05) is 153 Å². The van der Waals surface area contributed by atoms with E-state index in [9.17, 15) is 0 Å². The van der Waals surface area contributed by atoms with Gasteiger partial charge in [-0.15, -0.1) is 0 Å². The molecular weight excluding hydrogens is 1380 g/mol. The molecule has 113 heavy (non-hydrogen) atoms. The lowest BCUT2D eigenvalue weighted by Gasteiger charge is -2.31. The van der Waals surface area contributed by atoms with Gasteiger partial charge in [-0.3, -0.25) is 49.9 Å². The van der Waals surface area contributed by atoms with Gasteiger partial charge in [-0.25, -0.2) is 0 Å². The fraction of sp³-hybridized carbons (Fsp3) is 0.176. The normalized spacial score (nSPS) is 11.5. The molecule has 0 aliphatic carbocycles. The van der Waals surface area contributed by atoms with Crippen LogP contribution in [0.1, 0.15) is 113 Å². The van der Waals surface area contributed by atoms with Gasteiger partial charge in [-0.1, -0.05) is 282 Å². The summed E-state index contributed by atoms with van der Waals surface area (Å²) < 4.78 is 0. The maximum atomic E-state index is 5.22. The minimum Gasteiger partial charge on any atom is -0.378 e. The average Bonchev–Trinajstić information content (AvgIpc) is 0.809. The van der Waals surface area contributed by atoms with Crippen LogP contribution in [0.3, 0.4) is 0 Å².